The molecule has 0 atom stereocenters. The molecule has 0 radical (unpaired) electrons. The van der Waals surface area contributed by atoms with E-state index in [4.69, 9.17) is 0 Å². The van der Waals surface area contributed by atoms with E-state index in [1.54, 1.807) is 0 Å². The van der Waals surface area contributed by atoms with E-state index in [1.165, 1.54) is 12.8 Å². The molecule has 0 unspecified atom stereocenters. The second-order valence-electron chi connectivity index (χ2n) is 2.93. The first-order valence-electron chi connectivity index (χ1n) is 4.56. The summed E-state index contributed by atoms with van der Waals surface area (Å²) in [7, 11) is 0. The first-order chi connectivity index (χ1) is 5.86. The summed E-state index contributed by atoms with van der Waals surface area (Å²) in [6.07, 6.45) is 12.9. The summed E-state index contributed by atoms with van der Waals surface area (Å²) in [5.74, 6) is 0. The van der Waals surface area contributed by atoms with Crippen molar-refractivity contribution in [3.05, 3.63) is 24.8 Å². The molecule has 1 heterocycles. The molecular weight excluding hydrogens is 148 g/mol. The molecule has 0 aliphatic heterocycles. The number of hydrogen-bond acceptors (Lipinski definition) is 0. The molecule has 0 aliphatic rings. The Labute approximate surface area is 74.1 Å². The van der Waals surface area contributed by atoms with Gasteiger partial charge in [-0.25, -0.2) is 9.13 Å². The molecule has 2 heteroatoms. The van der Waals surface area contributed by atoms with Crippen molar-refractivity contribution >= 4 is 6.20 Å². The normalized spacial score (nSPS) is 11.2. The van der Waals surface area contributed by atoms with Crippen LogP contribution in [0.3, 0.4) is 0 Å². The van der Waals surface area contributed by atoms with Crippen LogP contribution in [0.15, 0.2) is 24.8 Å². The maximum atomic E-state index is 2.21. The van der Waals surface area contributed by atoms with Gasteiger partial charge in [0.1, 0.15) is 12.4 Å². The van der Waals surface area contributed by atoms with Gasteiger partial charge in [-0.2, -0.15) is 0 Å². The van der Waals surface area contributed by atoms with Crippen molar-refractivity contribution < 1.29 is 4.57 Å². The molecule has 0 amide bonds. The highest BCUT2D eigenvalue weighted by Crippen LogP contribution is 1.89. The van der Waals surface area contributed by atoms with E-state index in [9.17, 15) is 0 Å². The van der Waals surface area contributed by atoms with Crippen LogP contribution < -0.4 is 4.57 Å². The zero-order valence-corrected chi connectivity index (χ0v) is 7.90. The summed E-state index contributed by atoms with van der Waals surface area (Å²) in [4.78, 5) is 0. The van der Waals surface area contributed by atoms with Gasteiger partial charge in [-0.3, -0.25) is 0 Å². The van der Waals surface area contributed by atoms with Gasteiger partial charge >= 0.3 is 0 Å². The Kier molecular flexibility index (Phi) is 3.58. The van der Waals surface area contributed by atoms with E-state index in [0.29, 0.717) is 0 Å². The standard InChI is InChI=1S/C10H17N2/c1-3-5-7-12-9-8-11(10-12)6-4-2/h4,6,8-10H,3,5,7H2,1-2H3/q+1. The maximum Gasteiger partial charge on any atom is 0.248 e. The molecule has 66 valence electrons. The van der Waals surface area contributed by atoms with Crippen LogP contribution in [0.5, 0.6) is 0 Å². The van der Waals surface area contributed by atoms with Crippen LogP contribution in [0.2, 0.25) is 0 Å². The van der Waals surface area contributed by atoms with Gasteiger partial charge in [0, 0.05) is 0 Å². The molecule has 0 aliphatic carbocycles. The summed E-state index contributed by atoms with van der Waals surface area (Å²) in [6, 6.07) is 0. The lowest BCUT2D eigenvalue weighted by atomic mass is 10.3. The van der Waals surface area contributed by atoms with E-state index in [2.05, 4.69) is 34.8 Å². The summed E-state index contributed by atoms with van der Waals surface area (Å²) in [5, 5.41) is 0. The Morgan fingerprint density at radius 2 is 2.33 bits per heavy atom. The van der Waals surface area contributed by atoms with E-state index < -0.39 is 0 Å². The summed E-state index contributed by atoms with van der Waals surface area (Å²) < 4.78 is 4.28. The van der Waals surface area contributed by atoms with Gasteiger partial charge in [-0.1, -0.05) is 13.3 Å². The molecule has 0 saturated heterocycles. The van der Waals surface area contributed by atoms with Crippen molar-refractivity contribution in [2.24, 2.45) is 0 Å². The number of imidazole rings is 1. The molecule has 12 heavy (non-hydrogen) atoms. The van der Waals surface area contributed by atoms with Crippen molar-refractivity contribution in [3.8, 4) is 0 Å². The van der Waals surface area contributed by atoms with Crippen LogP contribution in [0, 0.1) is 0 Å². The van der Waals surface area contributed by atoms with Crippen LogP contribution in [0.25, 0.3) is 6.20 Å². The minimum Gasteiger partial charge on any atom is -0.236 e. The summed E-state index contributed by atoms with van der Waals surface area (Å²) >= 11 is 0. The zero-order valence-electron chi connectivity index (χ0n) is 7.90. The van der Waals surface area contributed by atoms with Crippen molar-refractivity contribution in [1.29, 1.82) is 0 Å². The molecule has 0 spiro atoms. The van der Waals surface area contributed by atoms with Gasteiger partial charge in [0.15, 0.2) is 0 Å². The fourth-order valence-corrected chi connectivity index (χ4v) is 1.14. The second-order valence-corrected chi connectivity index (χ2v) is 2.93. The van der Waals surface area contributed by atoms with Crippen LogP contribution in [-0.2, 0) is 6.54 Å². The molecular formula is C10H17N2+. The Morgan fingerprint density at radius 3 is 3.00 bits per heavy atom. The number of allylic oxidation sites excluding steroid dienone is 1. The zero-order chi connectivity index (χ0) is 8.81. The molecule has 1 aromatic rings. The number of aryl methyl sites for hydroxylation is 1. The molecule has 0 N–H and O–H groups in total. The number of aromatic nitrogens is 2. The lowest BCUT2D eigenvalue weighted by molar-refractivity contribution is -0.696. The van der Waals surface area contributed by atoms with Gasteiger partial charge in [0.05, 0.1) is 12.7 Å². The number of hydrogen-bond donors (Lipinski definition) is 0. The lowest BCUT2D eigenvalue weighted by Gasteiger charge is -1.90. The third-order valence-corrected chi connectivity index (χ3v) is 1.80. The van der Waals surface area contributed by atoms with Crippen molar-refractivity contribution in [2.75, 3.05) is 0 Å². The Hall–Kier alpha value is -1.05. The number of nitrogens with zero attached hydrogens (tertiary/aromatic N) is 2. The van der Waals surface area contributed by atoms with Crippen LogP contribution >= 0.6 is 0 Å². The minimum absolute atomic E-state index is 1.13. The molecule has 0 saturated carbocycles. The van der Waals surface area contributed by atoms with Gasteiger partial charge in [0.25, 0.3) is 0 Å². The number of unbranched alkanes of at least 4 members (excludes halogenated alkanes) is 1. The quantitative estimate of drug-likeness (QED) is 0.604. The van der Waals surface area contributed by atoms with Crippen LogP contribution in [0.1, 0.15) is 26.7 Å². The second kappa shape index (κ2) is 4.75. The smallest absolute Gasteiger partial charge is 0.236 e. The SMILES string of the molecule is CC=Cn1cc[n+](CCCC)c1. The third kappa shape index (κ3) is 2.53. The minimum atomic E-state index is 1.13. The molecule has 0 bridgehead atoms. The van der Waals surface area contributed by atoms with Crippen molar-refractivity contribution in [2.45, 2.75) is 33.2 Å². The van der Waals surface area contributed by atoms with Crippen molar-refractivity contribution in [3.63, 3.8) is 0 Å². The fraction of sp³-hybridized carbons (Fsp3) is 0.500. The van der Waals surface area contributed by atoms with E-state index in [0.717, 1.165) is 6.54 Å². The van der Waals surface area contributed by atoms with Crippen LogP contribution in [0.4, 0.5) is 0 Å². The molecule has 1 rings (SSSR count). The third-order valence-electron chi connectivity index (χ3n) is 1.80. The monoisotopic (exact) mass is 165 g/mol. The summed E-state index contributed by atoms with van der Waals surface area (Å²) in [6.45, 7) is 5.36. The predicted octanol–water partition coefficient (Wildman–Crippen LogP) is 2.07. The summed E-state index contributed by atoms with van der Waals surface area (Å²) in [5.41, 5.74) is 0. The average Bonchev–Trinajstić information content (AvgIpc) is 2.50. The van der Waals surface area contributed by atoms with Crippen molar-refractivity contribution in [1.82, 2.24) is 4.57 Å². The van der Waals surface area contributed by atoms with E-state index in [1.807, 2.05) is 19.2 Å². The molecule has 2 nitrogen and oxygen atoms in total. The topological polar surface area (TPSA) is 8.81 Å². The molecule has 1 aromatic heterocycles. The highest BCUT2D eigenvalue weighted by molar-refractivity contribution is 5.18. The van der Waals surface area contributed by atoms with Gasteiger partial charge in [0.2, 0.25) is 6.33 Å². The highest BCUT2D eigenvalue weighted by atomic mass is 15.1. The Balaban J connectivity index is 2.52. The lowest BCUT2D eigenvalue weighted by Crippen LogP contribution is -2.30. The Bertz CT molecular complexity index is 248. The van der Waals surface area contributed by atoms with Gasteiger partial charge < -0.3 is 0 Å². The highest BCUT2D eigenvalue weighted by Gasteiger charge is 1.98. The van der Waals surface area contributed by atoms with E-state index in [-0.39, 0.29) is 0 Å². The van der Waals surface area contributed by atoms with Crippen LogP contribution in [-0.4, -0.2) is 4.57 Å². The Morgan fingerprint density at radius 1 is 1.50 bits per heavy atom. The average molecular weight is 165 g/mol. The first kappa shape index (κ1) is 9.04. The predicted molar refractivity (Wildman–Crippen MR) is 50.5 cm³/mol. The maximum absolute atomic E-state index is 2.21. The van der Waals surface area contributed by atoms with Gasteiger partial charge in [-0.15, -0.1) is 0 Å². The first-order valence-corrected chi connectivity index (χ1v) is 4.56. The fourth-order valence-electron chi connectivity index (χ4n) is 1.14. The largest absolute Gasteiger partial charge is 0.248 e. The molecule has 0 fully saturated rings. The van der Waals surface area contributed by atoms with E-state index >= 15 is 0 Å². The number of rotatable bonds is 4. The van der Waals surface area contributed by atoms with Gasteiger partial charge in [-0.05, 0) is 19.4 Å². The molecule has 0 aromatic carbocycles.